The quantitative estimate of drug-likeness (QED) is 0.806. The minimum atomic E-state index is -0.370. The molecule has 26 heavy (non-hydrogen) atoms. The largest absolute Gasteiger partial charge is 0.495 e. The van der Waals surface area contributed by atoms with E-state index < -0.39 is 0 Å². The van der Waals surface area contributed by atoms with Crippen molar-refractivity contribution in [2.75, 3.05) is 19.0 Å². The van der Waals surface area contributed by atoms with Crippen LogP contribution in [0.3, 0.4) is 0 Å². The minimum Gasteiger partial charge on any atom is -0.495 e. The Hall–Kier alpha value is -2.60. The Morgan fingerprint density at radius 3 is 2.62 bits per heavy atom. The second-order valence-electron chi connectivity index (χ2n) is 6.29. The molecule has 2 rings (SSSR count). The van der Waals surface area contributed by atoms with Gasteiger partial charge in [-0.05, 0) is 36.6 Å². The molecule has 0 aliphatic carbocycles. The molecule has 1 heterocycles. The summed E-state index contributed by atoms with van der Waals surface area (Å²) in [5.74, 6) is 0.0996. The van der Waals surface area contributed by atoms with Crippen LogP contribution in [0.25, 0.3) is 0 Å². The highest BCUT2D eigenvalue weighted by atomic mass is 35.5. The van der Waals surface area contributed by atoms with Gasteiger partial charge in [-0.25, -0.2) is 0 Å². The Bertz CT molecular complexity index is 822. The van der Waals surface area contributed by atoms with Gasteiger partial charge in [0.05, 0.1) is 12.8 Å². The van der Waals surface area contributed by atoms with E-state index in [1.165, 1.54) is 19.4 Å². The second-order valence-corrected chi connectivity index (χ2v) is 6.70. The summed E-state index contributed by atoms with van der Waals surface area (Å²) in [4.78, 5) is 28.7. The molecule has 0 unspecified atom stereocenters. The molecule has 1 aromatic heterocycles. The van der Waals surface area contributed by atoms with Crippen LogP contribution in [-0.4, -0.2) is 30.5 Å². The van der Waals surface area contributed by atoms with Crippen LogP contribution in [0, 0.1) is 12.8 Å². The van der Waals surface area contributed by atoms with Gasteiger partial charge in [-0.1, -0.05) is 25.4 Å². The lowest BCUT2D eigenvalue weighted by atomic mass is 10.1. The first kappa shape index (κ1) is 19.7. The highest BCUT2D eigenvalue weighted by molar-refractivity contribution is 6.31. The first-order chi connectivity index (χ1) is 12.3. The minimum absolute atomic E-state index is 0.192. The number of benzene rings is 1. The maximum absolute atomic E-state index is 12.6. The second kappa shape index (κ2) is 8.67. The summed E-state index contributed by atoms with van der Waals surface area (Å²) < 4.78 is 5.26. The standard InChI is InChI=1S/C19H22ClN3O3/c1-11(2)10-22-19(25)16-8-13(5-6-21-16)18(24)23-15-7-12(3)14(20)9-17(15)26-4/h5-9,11H,10H2,1-4H3,(H,22,25)(H,23,24). The van der Waals surface area contributed by atoms with E-state index >= 15 is 0 Å². The first-order valence-electron chi connectivity index (χ1n) is 8.21. The molecular weight excluding hydrogens is 354 g/mol. The zero-order valence-electron chi connectivity index (χ0n) is 15.2. The number of carbonyl (C=O) groups excluding carboxylic acids is 2. The molecule has 0 aliphatic rings. The molecule has 7 heteroatoms. The number of hydrogen-bond acceptors (Lipinski definition) is 4. The van der Waals surface area contributed by atoms with E-state index in [2.05, 4.69) is 15.6 Å². The molecule has 2 amide bonds. The molecule has 0 atom stereocenters. The van der Waals surface area contributed by atoms with E-state index in [4.69, 9.17) is 16.3 Å². The fraction of sp³-hybridized carbons (Fsp3) is 0.316. The number of nitrogens with one attached hydrogen (secondary N) is 2. The van der Waals surface area contributed by atoms with Gasteiger partial charge in [0, 0.05) is 29.4 Å². The van der Waals surface area contributed by atoms with E-state index in [9.17, 15) is 9.59 Å². The lowest BCUT2D eigenvalue weighted by molar-refractivity contribution is 0.0944. The summed E-state index contributed by atoms with van der Waals surface area (Å²) >= 11 is 6.08. The van der Waals surface area contributed by atoms with Gasteiger partial charge in [-0.2, -0.15) is 0 Å². The highest BCUT2D eigenvalue weighted by Gasteiger charge is 2.15. The molecule has 1 aromatic carbocycles. The molecule has 0 radical (unpaired) electrons. The van der Waals surface area contributed by atoms with Gasteiger partial charge in [0.15, 0.2) is 0 Å². The Morgan fingerprint density at radius 2 is 1.96 bits per heavy atom. The van der Waals surface area contributed by atoms with E-state index in [0.717, 1.165) is 5.56 Å². The van der Waals surface area contributed by atoms with Gasteiger partial charge in [-0.15, -0.1) is 0 Å². The van der Waals surface area contributed by atoms with Crippen molar-refractivity contribution in [1.82, 2.24) is 10.3 Å². The topological polar surface area (TPSA) is 80.3 Å². The molecule has 6 nitrogen and oxygen atoms in total. The van der Waals surface area contributed by atoms with E-state index in [1.807, 2.05) is 20.8 Å². The van der Waals surface area contributed by atoms with Crippen LogP contribution in [0.4, 0.5) is 5.69 Å². The zero-order chi connectivity index (χ0) is 19.3. The summed E-state index contributed by atoms with van der Waals surface area (Å²) in [6.45, 7) is 6.37. The number of aryl methyl sites for hydroxylation is 1. The van der Waals surface area contributed by atoms with Gasteiger partial charge in [0.1, 0.15) is 11.4 Å². The predicted octanol–water partition coefficient (Wildman–Crippen LogP) is 3.69. The Kier molecular flexibility index (Phi) is 6.58. The number of amides is 2. The number of methoxy groups -OCH3 is 1. The number of hydrogen-bond donors (Lipinski definition) is 2. The fourth-order valence-electron chi connectivity index (χ4n) is 2.21. The van der Waals surface area contributed by atoms with Crippen molar-refractivity contribution < 1.29 is 14.3 Å². The van der Waals surface area contributed by atoms with Crippen molar-refractivity contribution >= 4 is 29.1 Å². The molecule has 2 aromatic rings. The van der Waals surface area contributed by atoms with Gasteiger partial charge in [-0.3, -0.25) is 14.6 Å². The number of ether oxygens (including phenoxy) is 1. The van der Waals surface area contributed by atoms with Crippen LogP contribution in [0.2, 0.25) is 5.02 Å². The third kappa shape index (κ3) is 4.95. The Labute approximate surface area is 157 Å². The number of pyridine rings is 1. The average molecular weight is 376 g/mol. The molecule has 0 saturated heterocycles. The summed E-state index contributed by atoms with van der Waals surface area (Å²) in [6.07, 6.45) is 1.43. The van der Waals surface area contributed by atoms with Gasteiger partial charge >= 0.3 is 0 Å². The summed E-state index contributed by atoms with van der Waals surface area (Å²) in [5.41, 5.74) is 1.83. The van der Waals surface area contributed by atoms with Crippen molar-refractivity contribution in [3.63, 3.8) is 0 Å². The molecule has 0 saturated carbocycles. The number of rotatable bonds is 6. The van der Waals surface area contributed by atoms with E-state index in [-0.39, 0.29) is 17.5 Å². The molecule has 0 spiro atoms. The van der Waals surface area contributed by atoms with Crippen LogP contribution < -0.4 is 15.4 Å². The lowest BCUT2D eigenvalue weighted by Crippen LogP contribution is -2.28. The lowest BCUT2D eigenvalue weighted by Gasteiger charge is -2.13. The zero-order valence-corrected chi connectivity index (χ0v) is 16.0. The maximum Gasteiger partial charge on any atom is 0.269 e. The number of nitrogens with zero attached hydrogens (tertiary/aromatic N) is 1. The first-order valence-corrected chi connectivity index (χ1v) is 8.59. The van der Waals surface area contributed by atoms with Crippen LogP contribution in [0.15, 0.2) is 30.5 Å². The summed E-state index contributed by atoms with van der Waals surface area (Å²) in [6, 6.07) is 6.38. The maximum atomic E-state index is 12.6. The summed E-state index contributed by atoms with van der Waals surface area (Å²) in [7, 11) is 1.50. The van der Waals surface area contributed by atoms with Crippen molar-refractivity contribution in [3.05, 3.63) is 52.3 Å². The average Bonchev–Trinajstić information content (AvgIpc) is 2.62. The summed E-state index contributed by atoms with van der Waals surface area (Å²) in [5, 5.41) is 6.11. The smallest absolute Gasteiger partial charge is 0.269 e. The Balaban J connectivity index is 2.19. The van der Waals surface area contributed by atoms with E-state index in [0.29, 0.717) is 34.5 Å². The molecule has 0 bridgehead atoms. The molecule has 138 valence electrons. The monoisotopic (exact) mass is 375 g/mol. The molecule has 0 aliphatic heterocycles. The number of carbonyl (C=O) groups is 2. The van der Waals surface area contributed by atoms with Gasteiger partial charge in [0.25, 0.3) is 11.8 Å². The van der Waals surface area contributed by atoms with Crippen LogP contribution >= 0.6 is 11.6 Å². The van der Waals surface area contributed by atoms with E-state index in [1.54, 1.807) is 18.2 Å². The highest BCUT2D eigenvalue weighted by Crippen LogP contribution is 2.31. The molecule has 0 fully saturated rings. The van der Waals surface area contributed by atoms with Gasteiger partial charge in [0.2, 0.25) is 0 Å². The van der Waals surface area contributed by atoms with Crippen molar-refractivity contribution in [3.8, 4) is 5.75 Å². The Morgan fingerprint density at radius 1 is 1.23 bits per heavy atom. The van der Waals surface area contributed by atoms with Crippen LogP contribution in [0.1, 0.15) is 40.3 Å². The third-order valence-corrected chi connectivity index (χ3v) is 4.06. The number of halogens is 1. The fourth-order valence-corrected chi connectivity index (χ4v) is 2.36. The third-order valence-electron chi connectivity index (χ3n) is 3.65. The number of anilines is 1. The predicted molar refractivity (Wildman–Crippen MR) is 102 cm³/mol. The normalized spacial score (nSPS) is 10.5. The van der Waals surface area contributed by atoms with Crippen molar-refractivity contribution in [2.24, 2.45) is 5.92 Å². The van der Waals surface area contributed by atoms with Crippen LogP contribution in [-0.2, 0) is 0 Å². The molecule has 2 N–H and O–H groups in total. The SMILES string of the molecule is COc1cc(Cl)c(C)cc1NC(=O)c1ccnc(C(=O)NCC(C)C)c1. The number of aromatic nitrogens is 1. The van der Waals surface area contributed by atoms with Gasteiger partial charge < -0.3 is 15.4 Å². The van der Waals surface area contributed by atoms with Crippen molar-refractivity contribution in [1.29, 1.82) is 0 Å². The van der Waals surface area contributed by atoms with Crippen LogP contribution in [0.5, 0.6) is 5.75 Å². The molecular formula is C19H22ClN3O3. The van der Waals surface area contributed by atoms with Crippen molar-refractivity contribution in [2.45, 2.75) is 20.8 Å².